The zero-order valence-corrected chi connectivity index (χ0v) is 22.0. The molecule has 0 atom stereocenters. The van der Waals surface area contributed by atoms with E-state index in [0.29, 0.717) is 16.3 Å². The molecule has 2 aliphatic rings. The first kappa shape index (κ1) is 26.0. The molecule has 0 saturated heterocycles. The van der Waals surface area contributed by atoms with Crippen molar-refractivity contribution < 1.29 is 22.7 Å². The van der Waals surface area contributed by atoms with Crippen LogP contribution >= 0.6 is 11.6 Å². The van der Waals surface area contributed by atoms with Crippen LogP contribution in [-0.4, -0.2) is 19.6 Å². The highest BCUT2D eigenvalue weighted by Crippen LogP contribution is 2.44. The van der Waals surface area contributed by atoms with Crippen molar-refractivity contribution in [3.8, 4) is 0 Å². The van der Waals surface area contributed by atoms with Crippen molar-refractivity contribution >= 4 is 33.3 Å². The topological polar surface area (TPSA) is 109 Å². The zero-order chi connectivity index (χ0) is 25.2. The van der Waals surface area contributed by atoms with E-state index in [0.717, 1.165) is 62.5 Å². The van der Waals surface area contributed by atoms with Gasteiger partial charge in [-0.15, -0.1) is 0 Å². The minimum absolute atomic E-state index is 0.274. The lowest BCUT2D eigenvalue weighted by molar-refractivity contribution is 0.0779. The van der Waals surface area contributed by atoms with Gasteiger partial charge in [-0.3, -0.25) is 0 Å². The second-order valence-corrected chi connectivity index (χ2v) is 12.5. The van der Waals surface area contributed by atoms with Gasteiger partial charge in [0.2, 0.25) is 5.09 Å². The maximum atomic E-state index is 13.0. The minimum Gasteiger partial charge on any atom is -0.451 e. The largest absolute Gasteiger partial charge is 0.451 e. The van der Waals surface area contributed by atoms with Crippen LogP contribution in [0.2, 0.25) is 5.02 Å². The predicted molar refractivity (Wildman–Crippen MR) is 136 cm³/mol. The van der Waals surface area contributed by atoms with E-state index in [1.807, 2.05) is 12.1 Å². The molecule has 0 unspecified atom stereocenters. The van der Waals surface area contributed by atoms with E-state index in [9.17, 15) is 18.3 Å². The van der Waals surface area contributed by atoms with Crippen molar-refractivity contribution in [2.24, 2.45) is 0 Å². The number of carbonyl (C=O) groups is 1. The molecular formula is C26H35ClN2O5S. The van der Waals surface area contributed by atoms with E-state index in [-0.39, 0.29) is 11.8 Å². The molecule has 7 nitrogen and oxygen atoms in total. The number of carbonyl (C=O) groups excluding carboxylic acids is 1. The Morgan fingerprint density at radius 1 is 0.971 bits per heavy atom. The second-order valence-electron chi connectivity index (χ2n) is 10.4. The number of halogens is 1. The average molecular weight is 523 g/mol. The van der Waals surface area contributed by atoms with Crippen LogP contribution in [0.3, 0.4) is 0 Å². The summed E-state index contributed by atoms with van der Waals surface area (Å²) in [4.78, 5) is 13.0. The number of benzene rings is 1. The smallest absolute Gasteiger partial charge is 0.333 e. The van der Waals surface area contributed by atoms with Crippen molar-refractivity contribution in [2.75, 3.05) is 5.32 Å². The molecule has 2 fully saturated rings. The van der Waals surface area contributed by atoms with Gasteiger partial charge in [0.1, 0.15) is 0 Å². The number of anilines is 1. The Labute approximate surface area is 212 Å². The number of rotatable bonds is 6. The summed E-state index contributed by atoms with van der Waals surface area (Å²) in [6, 6.07) is 4.23. The lowest BCUT2D eigenvalue weighted by Crippen LogP contribution is -2.35. The average Bonchev–Trinajstić information content (AvgIpc) is 3.33. The van der Waals surface area contributed by atoms with Gasteiger partial charge in [0, 0.05) is 22.3 Å². The lowest BCUT2D eigenvalue weighted by Gasteiger charge is -2.30. The number of aliphatic hydroxyl groups is 1. The Kier molecular flexibility index (Phi) is 7.83. The van der Waals surface area contributed by atoms with E-state index < -0.39 is 26.7 Å². The van der Waals surface area contributed by atoms with Gasteiger partial charge in [-0.05, 0) is 74.6 Å². The summed E-state index contributed by atoms with van der Waals surface area (Å²) >= 11 is 6.57. The van der Waals surface area contributed by atoms with Crippen LogP contribution in [0.1, 0.15) is 107 Å². The normalized spacial score (nSPS) is 18.4. The number of amides is 2. The Bertz CT molecular complexity index is 1120. The maximum absolute atomic E-state index is 13.0. The number of hydrogen-bond acceptors (Lipinski definition) is 5. The maximum Gasteiger partial charge on any atom is 0.333 e. The summed E-state index contributed by atoms with van der Waals surface area (Å²) in [6.07, 6.45) is 12.1. The molecule has 0 radical (unpaired) electrons. The Morgan fingerprint density at radius 2 is 1.49 bits per heavy atom. The summed E-state index contributed by atoms with van der Waals surface area (Å²) in [5.74, 6) is 0.548. The van der Waals surface area contributed by atoms with E-state index in [1.165, 1.54) is 39.0 Å². The molecule has 3 N–H and O–H groups in total. The third kappa shape index (κ3) is 6.22. The highest BCUT2D eigenvalue weighted by molar-refractivity contribution is 7.89. The van der Waals surface area contributed by atoms with E-state index in [1.54, 1.807) is 0 Å². The van der Waals surface area contributed by atoms with Gasteiger partial charge in [0.25, 0.3) is 10.0 Å². The molecule has 1 heterocycles. The molecule has 2 saturated carbocycles. The second kappa shape index (κ2) is 10.5. The van der Waals surface area contributed by atoms with Crippen LogP contribution in [0.15, 0.2) is 34.0 Å². The molecule has 2 aliphatic carbocycles. The lowest BCUT2D eigenvalue weighted by atomic mass is 9.78. The van der Waals surface area contributed by atoms with E-state index in [2.05, 4.69) is 10.0 Å². The van der Waals surface area contributed by atoms with Crippen LogP contribution < -0.4 is 10.0 Å². The van der Waals surface area contributed by atoms with Gasteiger partial charge in [0.05, 0.1) is 11.9 Å². The molecule has 1 aromatic carbocycles. The van der Waals surface area contributed by atoms with Gasteiger partial charge in [-0.2, -0.15) is 8.42 Å². The summed E-state index contributed by atoms with van der Waals surface area (Å²) in [7, 11) is -4.27. The van der Waals surface area contributed by atoms with Crippen molar-refractivity contribution in [3.05, 3.63) is 46.2 Å². The van der Waals surface area contributed by atoms with Gasteiger partial charge in [-0.25, -0.2) is 9.52 Å². The number of sulfonamides is 1. The van der Waals surface area contributed by atoms with Crippen molar-refractivity contribution in [2.45, 2.75) is 101 Å². The number of nitrogens with one attached hydrogen (secondary N) is 2. The Hall–Kier alpha value is -2.03. The Morgan fingerprint density at radius 3 is 1.94 bits per heavy atom. The predicted octanol–water partition coefficient (Wildman–Crippen LogP) is 6.77. The van der Waals surface area contributed by atoms with E-state index >= 15 is 0 Å². The zero-order valence-electron chi connectivity index (χ0n) is 20.4. The van der Waals surface area contributed by atoms with Crippen LogP contribution in [0, 0.1) is 0 Å². The molecule has 0 spiro atoms. The van der Waals surface area contributed by atoms with Crippen molar-refractivity contribution in [1.29, 1.82) is 0 Å². The fourth-order valence-corrected chi connectivity index (χ4v) is 6.44. The SMILES string of the molecule is CC(C)(O)c1coc(S(=O)(=O)NC(=O)Nc2c(C3CCCCC3)cc(Cl)cc2C2CCCCC2)c1. The van der Waals surface area contributed by atoms with Crippen LogP contribution in [-0.2, 0) is 15.6 Å². The Balaban J connectivity index is 1.63. The molecule has 9 heteroatoms. The molecule has 4 rings (SSSR count). The number of furan rings is 1. The van der Waals surface area contributed by atoms with Gasteiger partial charge in [0.15, 0.2) is 0 Å². The quantitative estimate of drug-likeness (QED) is 0.388. The van der Waals surface area contributed by atoms with Crippen LogP contribution in [0.25, 0.3) is 0 Å². The molecule has 2 aromatic rings. The van der Waals surface area contributed by atoms with Gasteiger partial charge < -0.3 is 14.8 Å². The number of urea groups is 1. The molecule has 35 heavy (non-hydrogen) atoms. The third-order valence-corrected chi connectivity index (χ3v) is 8.68. The standard InChI is InChI=1S/C26H35ClN2O5S/c1-26(2,31)19-13-23(34-16-19)35(32,33)29-25(30)28-24-21(17-9-5-3-6-10-17)14-20(27)15-22(24)18-11-7-4-8-12-18/h13-18,31H,3-12H2,1-2H3,(H2,28,29,30). The highest BCUT2D eigenvalue weighted by atomic mass is 35.5. The number of hydrogen-bond donors (Lipinski definition) is 3. The molecule has 2 amide bonds. The molecule has 0 bridgehead atoms. The minimum atomic E-state index is -4.27. The summed E-state index contributed by atoms with van der Waals surface area (Å²) in [6.45, 7) is 3.04. The van der Waals surface area contributed by atoms with E-state index in [4.69, 9.17) is 16.0 Å². The van der Waals surface area contributed by atoms with Crippen LogP contribution in [0.5, 0.6) is 0 Å². The van der Waals surface area contributed by atoms with Crippen LogP contribution in [0.4, 0.5) is 10.5 Å². The highest BCUT2D eigenvalue weighted by Gasteiger charge is 2.29. The molecular weight excluding hydrogens is 488 g/mol. The first-order valence-electron chi connectivity index (χ1n) is 12.5. The summed E-state index contributed by atoms with van der Waals surface area (Å²) in [5.41, 5.74) is 1.71. The molecule has 1 aromatic heterocycles. The fourth-order valence-electron chi connectivity index (χ4n) is 5.35. The van der Waals surface area contributed by atoms with Crippen molar-refractivity contribution in [1.82, 2.24) is 4.72 Å². The summed E-state index contributed by atoms with van der Waals surface area (Å²) in [5, 5.41) is 13.2. The van der Waals surface area contributed by atoms with Gasteiger partial charge >= 0.3 is 6.03 Å². The fraction of sp³-hybridized carbons (Fsp3) is 0.577. The monoisotopic (exact) mass is 522 g/mol. The molecule has 0 aliphatic heterocycles. The third-order valence-electron chi connectivity index (χ3n) is 7.27. The first-order valence-corrected chi connectivity index (χ1v) is 14.4. The van der Waals surface area contributed by atoms with Crippen molar-refractivity contribution in [3.63, 3.8) is 0 Å². The first-order chi connectivity index (χ1) is 16.5. The molecule has 192 valence electrons. The van der Waals surface area contributed by atoms with Gasteiger partial charge in [-0.1, -0.05) is 50.1 Å². The summed E-state index contributed by atoms with van der Waals surface area (Å²) < 4.78 is 32.9.